The van der Waals surface area contributed by atoms with Gasteiger partial charge in [-0.3, -0.25) is 9.59 Å². The highest BCUT2D eigenvalue weighted by Gasteiger charge is 2.35. The monoisotopic (exact) mass is 252 g/mol. The van der Waals surface area contributed by atoms with Crippen molar-refractivity contribution in [3.63, 3.8) is 0 Å². The number of benzene rings is 1. The van der Waals surface area contributed by atoms with Crippen molar-refractivity contribution in [3.8, 4) is 0 Å². The van der Waals surface area contributed by atoms with E-state index in [0.29, 0.717) is 17.3 Å². The molecule has 5 heteroatoms. The molecule has 2 N–H and O–H groups in total. The first kappa shape index (κ1) is 11.9. The average Bonchev–Trinajstić information content (AvgIpc) is 2.61. The minimum Gasteiger partial charge on any atom is -0.369 e. The molecule has 1 aliphatic rings. The van der Waals surface area contributed by atoms with Gasteiger partial charge in [-0.15, -0.1) is 0 Å². The number of amides is 2. The molecule has 0 aliphatic carbocycles. The first-order chi connectivity index (χ1) is 8.00. The highest BCUT2D eigenvalue weighted by atomic mass is 35.5. The van der Waals surface area contributed by atoms with Crippen molar-refractivity contribution in [3.05, 3.63) is 28.8 Å². The Labute approximate surface area is 104 Å². The zero-order valence-corrected chi connectivity index (χ0v) is 10.2. The van der Waals surface area contributed by atoms with Crippen LogP contribution in [-0.2, 0) is 9.59 Å². The second-order valence-electron chi connectivity index (χ2n) is 4.21. The predicted octanol–water partition coefficient (Wildman–Crippen LogP) is 1.49. The Morgan fingerprint density at radius 2 is 2.24 bits per heavy atom. The molecule has 0 aromatic heterocycles. The molecule has 1 aliphatic heterocycles. The summed E-state index contributed by atoms with van der Waals surface area (Å²) in [5.41, 5.74) is 6.82. The molecule has 4 nitrogen and oxygen atoms in total. The van der Waals surface area contributed by atoms with E-state index in [0.717, 1.165) is 5.56 Å². The lowest BCUT2D eigenvalue weighted by atomic mass is 10.1. The summed E-state index contributed by atoms with van der Waals surface area (Å²) in [6.07, 6.45) is 0.167. The number of anilines is 1. The van der Waals surface area contributed by atoms with Gasteiger partial charge in [0.1, 0.15) is 0 Å². The molecular formula is C12H13ClN2O2. The Morgan fingerprint density at radius 1 is 1.53 bits per heavy atom. The number of rotatable bonds is 2. The molecule has 1 heterocycles. The van der Waals surface area contributed by atoms with Gasteiger partial charge >= 0.3 is 0 Å². The minimum absolute atomic E-state index is 0.106. The van der Waals surface area contributed by atoms with E-state index in [9.17, 15) is 9.59 Å². The molecule has 90 valence electrons. The van der Waals surface area contributed by atoms with E-state index in [1.165, 1.54) is 0 Å². The lowest BCUT2D eigenvalue weighted by Gasteiger charge is -2.20. The van der Waals surface area contributed by atoms with Crippen LogP contribution in [0.25, 0.3) is 0 Å². The van der Waals surface area contributed by atoms with Crippen LogP contribution < -0.4 is 10.6 Å². The summed E-state index contributed by atoms with van der Waals surface area (Å²) < 4.78 is 0. The van der Waals surface area contributed by atoms with Crippen LogP contribution in [0, 0.1) is 12.8 Å². The van der Waals surface area contributed by atoms with Crippen LogP contribution in [0.1, 0.15) is 12.0 Å². The molecule has 1 unspecified atom stereocenters. The van der Waals surface area contributed by atoms with Gasteiger partial charge in [0.2, 0.25) is 11.8 Å². The maximum Gasteiger partial charge on any atom is 0.227 e. The van der Waals surface area contributed by atoms with E-state index in [-0.39, 0.29) is 12.3 Å². The number of aryl methyl sites for hydroxylation is 1. The fourth-order valence-electron chi connectivity index (χ4n) is 2.08. The third-order valence-corrected chi connectivity index (χ3v) is 3.29. The summed E-state index contributed by atoms with van der Waals surface area (Å²) in [5.74, 6) is -0.964. The average molecular weight is 253 g/mol. The molecule has 1 aromatic carbocycles. The van der Waals surface area contributed by atoms with Crippen molar-refractivity contribution in [1.82, 2.24) is 0 Å². The summed E-state index contributed by atoms with van der Waals surface area (Å²) in [4.78, 5) is 24.5. The molecule has 1 aromatic rings. The summed E-state index contributed by atoms with van der Waals surface area (Å²) in [6.45, 7) is 2.20. The van der Waals surface area contributed by atoms with E-state index in [4.69, 9.17) is 17.3 Å². The molecule has 0 bridgehead atoms. The number of carbonyl (C=O) groups excluding carboxylic acids is 2. The number of para-hydroxylation sites is 1. The number of halogens is 1. The number of carbonyl (C=O) groups is 2. The van der Waals surface area contributed by atoms with Crippen LogP contribution in [0.3, 0.4) is 0 Å². The first-order valence-electron chi connectivity index (χ1n) is 5.35. The van der Waals surface area contributed by atoms with Gasteiger partial charge in [-0.1, -0.05) is 23.7 Å². The summed E-state index contributed by atoms with van der Waals surface area (Å²) >= 11 is 6.09. The molecule has 17 heavy (non-hydrogen) atoms. The molecule has 0 spiro atoms. The van der Waals surface area contributed by atoms with Gasteiger partial charge in [-0.2, -0.15) is 0 Å². The third kappa shape index (κ3) is 2.13. The number of nitrogens with two attached hydrogens (primary N) is 1. The van der Waals surface area contributed by atoms with E-state index in [1.807, 2.05) is 19.1 Å². The van der Waals surface area contributed by atoms with Crippen molar-refractivity contribution in [2.45, 2.75) is 13.3 Å². The van der Waals surface area contributed by atoms with Gasteiger partial charge < -0.3 is 10.6 Å². The highest BCUT2D eigenvalue weighted by Crippen LogP contribution is 2.33. The van der Waals surface area contributed by atoms with Crippen LogP contribution >= 0.6 is 11.6 Å². The molecule has 1 saturated heterocycles. The minimum atomic E-state index is -0.439. The number of hydrogen-bond donors (Lipinski definition) is 1. The Kier molecular flexibility index (Phi) is 3.07. The smallest absolute Gasteiger partial charge is 0.227 e. The van der Waals surface area contributed by atoms with E-state index in [1.54, 1.807) is 11.0 Å². The molecular weight excluding hydrogens is 240 g/mol. The molecule has 0 radical (unpaired) electrons. The van der Waals surface area contributed by atoms with Crippen molar-refractivity contribution in [2.24, 2.45) is 11.7 Å². The lowest BCUT2D eigenvalue weighted by molar-refractivity contribution is -0.123. The lowest BCUT2D eigenvalue weighted by Crippen LogP contribution is -2.29. The Bertz CT molecular complexity index is 467. The zero-order valence-electron chi connectivity index (χ0n) is 9.44. The molecule has 2 amide bonds. The maximum absolute atomic E-state index is 11.9. The van der Waals surface area contributed by atoms with Crippen LogP contribution in [0.15, 0.2) is 18.2 Å². The summed E-state index contributed by atoms with van der Waals surface area (Å²) in [7, 11) is 0. The van der Waals surface area contributed by atoms with Crippen LogP contribution in [0.4, 0.5) is 5.69 Å². The molecule has 2 rings (SSSR count). The van der Waals surface area contributed by atoms with E-state index >= 15 is 0 Å². The molecule has 0 saturated carbocycles. The van der Waals surface area contributed by atoms with Crippen molar-refractivity contribution in [1.29, 1.82) is 0 Å². The topological polar surface area (TPSA) is 63.4 Å². The van der Waals surface area contributed by atoms with Gasteiger partial charge in [0.25, 0.3) is 0 Å². The van der Waals surface area contributed by atoms with Gasteiger partial charge in [0, 0.05) is 13.0 Å². The third-order valence-electron chi connectivity index (χ3n) is 2.99. The van der Waals surface area contributed by atoms with Crippen molar-refractivity contribution >= 4 is 29.1 Å². The fraction of sp³-hybridized carbons (Fsp3) is 0.333. The van der Waals surface area contributed by atoms with Crippen molar-refractivity contribution in [2.75, 3.05) is 11.4 Å². The van der Waals surface area contributed by atoms with Crippen LogP contribution in [0.2, 0.25) is 5.02 Å². The van der Waals surface area contributed by atoms with E-state index in [2.05, 4.69) is 0 Å². The quantitative estimate of drug-likeness (QED) is 0.867. The first-order valence-corrected chi connectivity index (χ1v) is 5.73. The highest BCUT2D eigenvalue weighted by molar-refractivity contribution is 6.34. The second kappa shape index (κ2) is 4.37. The largest absolute Gasteiger partial charge is 0.369 e. The summed E-state index contributed by atoms with van der Waals surface area (Å²) in [6, 6.07) is 5.44. The Balaban J connectivity index is 2.35. The van der Waals surface area contributed by atoms with Crippen LogP contribution in [0.5, 0.6) is 0 Å². The fourth-order valence-corrected chi connectivity index (χ4v) is 2.40. The number of hydrogen-bond acceptors (Lipinski definition) is 2. The van der Waals surface area contributed by atoms with Gasteiger partial charge in [0.05, 0.1) is 16.6 Å². The second-order valence-corrected chi connectivity index (χ2v) is 4.62. The Hall–Kier alpha value is -1.55. The van der Waals surface area contributed by atoms with Crippen molar-refractivity contribution < 1.29 is 9.59 Å². The Morgan fingerprint density at radius 3 is 2.76 bits per heavy atom. The number of nitrogens with zero attached hydrogens (tertiary/aromatic N) is 1. The number of primary amides is 1. The predicted molar refractivity (Wildman–Crippen MR) is 65.8 cm³/mol. The van der Waals surface area contributed by atoms with Gasteiger partial charge in [-0.05, 0) is 18.6 Å². The maximum atomic E-state index is 11.9. The molecule has 1 fully saturated rings. The van der Waals surface area contributed by atoms with Gasteiger partial charge in [-0.25, -0.2) is 0 Å². The summed E-state index contributed by atoms with van der Waals surface area (Å²) in [5, 5.41) is 0.517. The van der Waals surface area contributed by atoms with E-state index < -0.39 is 11.8 Å². The van der Waals surface area contributed by atoms with Gasteiger partial charge in [0.15, 0.2) is 0 Å². The standard InChI is InChI=1S/C12H13ClN2O2/c1-7-3-2-4-9(13)11(7)15-6-8(12(14)17)5-10(15)16/h2-4,8H,5-6H2,1H3,(H2,14,17). The zero-order chi connectivity index (χ0) is 12.6. The van der Waals surface area contributed by atoms with Crippen LogP contribution in [-0.4, -0.2) is 18.4 Å². The SMILES string of the molecule is Cc1cccc(Cl)c1N1CC(C(N)=O)CC1=O. The molecule has 1 atom stereocenters. The normalized spacial score (nSPS) is 19.8.